The first-order valence-electron chi connectivity index (χ1n) is 14.5. The van der Waals surface area contributed by atoms with E-state index in [-0.39, 0.29) is 0 Å². The van der Waals surface area contributed by atoms with E-state index < -0.39 is 0 Å². The molecule has 0 aliphatic rings. The van der Waals surface area contributed by atoms with Gasteiger partial charge in [-0.25, -0.2) is 15.0 Å². The molecular weight excluding hydrogens is 542 g/mol. The van der Waals surface area contributed by atoms with Gasteiger partial charge < -0.3 is 8.83 Å². The lowest BCUT2D eigenvalue weighted by molar-refractivity contribution is 0.668. The van der Waals surface area contributed by atoms with E-state index in [4.69, 9.17) is 23.8 Å². The monoisotopic (exact) mass is 565 g/mol. The summed E-state index contributed by atoms with van der Waals surface area (Å²) in [5, 5.41) is 4.30. The molecule has 9 aromatic rings. The van der Waals surface area contributed by atoms with E-state index in [0.29, 0.717) is 17.5 Å². The molecule has 0 spiro atoms. The summed E-state index contributed by atoms with van der Waals surface area (Å²) in [4.78, 5) is 15.1. The lowest BCUT2D eigenvalue weighted by Crippen LogP contribution is -2.01. The maximum atomic E-state index is 6.22. The van der Waals surface area contributed by atoms with Crippen molar-refractivity contribution in [3.63, 3.8) is 0 Å². The molecule has 0 saturated carbocycles. The second-order valence-electron chi connectivity index (χ2n) is 10.8. The van der Waals surface area contributed by atoms with E-state index in [1.807, 2.05) is 91.0 Å². The first kappa shape index (κ1) is 24.5. The summed E-state index contributed by atoms with van der Waals surface area (Å²) in [5.74, 6) is 1.79. The predicted molar refractivity (Wildman–Crippen MR) is 176 cm³/mol. The molecule has 3 heterocycles. The van der Waals surface area contributed by atoms with Crippen molar-refractivity contribution in [1.82, 2.24) is 15.0 Å². The largest absolute Gasteiger partial charge is 0.456 e. The third kappa shape index (κ3) is 3.91. The first-order chi connectivity index (χ1) is 21.8. The lowest BCUT2D eigenvalue weighted by Gasteiger charge is -2.13. The molecule has 0 radical (unpaired) electrons. The van der Waals surface area contributed by atoms with E-state index in [2.05, 4.69) is 48.5 Å². The zero-order chi connectivity index (χ0) is 29.0. The van der Waals surface area contributed by atoms with Gasteiger partial charge in [0.05, 0.1) is 0 Å². The van der Waals surface area contributed by atoms with Gasteiger partial charge in [0.1, 0.15) is 22.3 Å². The molecule has 206 valence electrons. The fraction of sp³-hybridized carbons (Fsp3) is 0. The molecule has 44 heavy (non-hydrogen) atoms. The van der Waals surface area contributed by atoms with Gasteiger partial charge in [-0.1, -0.05) is 109 Å². The van der Waals surface area contributed by atoms with Gasteiger partial charge in [-0.2, -0.15) is 0 Å². The molecule has 6 aromatic carbocycles. The molecule has 9 rings (SSSR count). The van der Waals surface area contributed by atoms with E-state index in [1.165, 1.54) is 0 Å². The minimum atomic E-state index is 0.581. The van der Waals surface area contributed by atoms with Crippen molar-refractivity contribution in [2.75, 3.05) is 0 Å². The van der Waals surface area contributed by atoms with Crippen LogP contribution in [0.15, 0.2) is 148 Å². The topological polar surface area (TPSA) is 65.0 Å². The van der Waals surface area contributed by atoms with Crippen LogP contribution in [-0.2, 0) is 0 Å². The van der Waals surface area contributed by atoms with Gasteiger partial charge in [0.25, 0.3) is 0 Å². The maximum Gasteiger partial charge on any atom is 0.164 e. The molecule has 0 aliphatic carbocycles. The number of hydrogen-bond donors (Lipinski definition) is 0. The highest BCUT2D eigenvalue weighted by molar-refractivity contribution is 6.13. The number of furan rings is 2. The molecule has 0 atom stereocenters. The first-order valence-corrected chi connectivity index (χ1v) is 14.5. The minimum absolute atomic E-state index is 0.581. The standard InChI is InChI=1S/C39H23N3O2/c1-2-11-24(12-3-1)37-40-38(25-21-22-28-27-14-6-8-18-32(27)44-35(28)23-25)42-39(41-37)30-15-5-4-13-26(30)29-17-10-20-34-36(29)31-16-7-9-19-33(31)43-34/h1-23H. The van der Waals surface area contributed by atoms with Gasteiger partial charge in [-0.3, -0.25) is 0 Å². The minimum Gasteiger partial charge on any atom is -0.456 e. The molecule has 0 bridgehead atoms. The van der Waals surface area contributed by atoms with Crippen molar-refractivity contribution in [3.8, 4) is 45.3 Å². The lowest BCUT2D eigenvalue weighted by atomic mass is 9.95. The van der Waals surface area contributed by atoms with E-state index in [0.717, 1.165) is 71.7 Å². The average molecular weight is 566 g/mol. The fourth-order valence-electron chi connectivity index (χ4n) is 6.12. The Morgan fingerprint density at radius 2 is 0.909 bits per heavy atom. The summed E-state index contributed by atoms with van der Waals surface area (Å²) >= 11 is 0. The van der Waals surface area contributed by atoms with Gasteiger partial charge in [-0.05, 0) is 41.5 Å². The summed E-state index contributed by atoms with van der Waals surface area (Å²) in [7, 11) is 0. The second kappa shape index (κ2) is 9.75. The second-order valence-corrected chi connectivity index (χ2v) is 10.8. The van der Waals surface area contributed by atoms with Crippen molar-refractivity contribution < 1.29 is 8.83 Å². The Hall–Kier alpha value is -6.07. The summed E-state index contributed by atoms with van der Waals surface area (Å²) < 4.78 is 12.4. The van der Waals surface area contributed by atoms with Crippen LogP contribution in [0.4, 0.5) is 0 Å². The summed E-state index contributed by atoms with van der Waals surface area (Å²) in [6.45, 7) is 0. The Balaban J connectivity index is 1.28. The average Bonchev–Trinajstić information content (AvgIpc) is 3.66. The zero-order valence-corrected chi connectivity index (χ0v) is 23.4. The molecule has 0 fully saturated rings. The van der Waals surface area contributed by atoms with Crippen molar-refractivity contribution in [2.24, 2.45) is 0 Å². The Bertz CT molecular complexity index is 2510. The highest BCUT2D eigenvalue weighted by atomic mass is 16.3. The number of hydrogen-bond acceptors (Lipinski definition) is 5. The highest BCUT2D eigenvalue weighted by Crippen LogP contribution is 2.40. The van der Waals surface area contributed by atoms with Crippen LogP contribution in [0.1, 0.15) is 0 Å². The highest BCUT2D eigenvalue weighted by Gasteiger charge is 2.19. The van der Waals surface area contributed by atoms with Crippen LogP contribution < -0.4 is 0 Å². The molecule has 5 heteroatoms. The van der Waals surface area contributed by atoms with E-state index >= 15 is 0 Å². The maximum absolute atomic E-state index is 6.22. The fourth-order valence-corrected chi connectivity index (χ4v) is 6.12. The van der Waals surface area contributed by atoms with Gasteiger partial charge >= 0.3 is 0 Å². The van der Waals surface area contributed by atoms with Crippen LogP contribution in [-0.4, -0.2) is 15.0 Å². The summed E-state index contributed by atoms with van der Waals surface area (Å²) in [5.41, 5.74) is 8.14. The zero-order valence-electron chi connectivity index (χ0n) is 23.4. The van der Waals surface area contributed by atoms with Crippen LogP contribution in [0, 0.1) is 0 Å². The Morgan fingerprint density at radius 3 is 1.75 bits per heavy atom. The molecule has 0 unspecified atom stereocenters. The summed E-state index contributed by atoms with van der Waals surface area (Å²) in [6, 6.07) is 46.9. The number of fused-ring (bicyclic) bond motifs is 6. The molecule has 0 saturated heterocycles. The molecule has 0 aliphatic heterocycles. The normalized spacial score (nSPS) is 11.6. The summed E-state index contributed by atoms with van der Waals surface area (Å²) in [6.07, 6.45) is 0. The predicted octanol–water partition coefficient (Wildman–Crippen LogP) is 10.3. The molecule has 0 amide bonds. The number of aromatic nitrogens is 3. The Labute approximate surface area is 252 Å². The Morgan fingerprint density at radius 1 is 0.341 bits per heavy atom. The third-order valence-electron chi connectivity index (χ3n) is 8.17. The van der Waals surface area contributed by atoms with Crippen molar-refractivity contribution in [2.45, 2.75) is 0 Å². The molecule has 5 nitrogen and oxygen atoms in total. The van der Waals surface area contributed by atoms with Crippen LogP contribution in [0.25, 0.3) is 89.2 Å². The molecule has 0 N–H and O–H groups in total. The quantitative estimate of drug-likeness (QED) is 0.212. The number of para-hydroxylation sites is 2. The number of benzene rings is 6. The van der Waals surface area contributed by atoms with Gasteiger partial charge in [0, 0.05) is 38.2 Å². The van der Waals surface area contributed by atoms with Crippen LogP contribution in [0.2, 0.25) is 0 Å². The smallest absolute Gasteiger partial charge is 0.164 e. The SMILES string of the molecule is c1ccc(-c2nc(-c3ccc4c(c3)oc3ccccc34)nc(-c3ccccc3-c3cccc4oc5ccccc5c34)n2)cc1. The number of nitrogens with zero attached hydrogens (tertiary/aromatic N) is 3. The van der Waals surface area contributed by atoms with Crippen molar-refractivity contribution in [1.29, 1.82) is 0 Å². The van der Waals surface area contributed by atoms with Crippen LogP contribution in [0.3, 0.4) is 0 Å². The third-order valence-corrected chi connectivity index (χ3v) is 8.17. The number of rotatable bonds is 4. The Kier molecular flexibility index (Phi) is 5.43. The van der Waals surface area contributed by atoms with E-state index in [1.54, 1.807) is 0 Å². The molecule has 3 aromatic heterocycles. The van der Waals surface area contributed by atoms with Crippen LogP contribution in [0.5, 0.6) is 0 Å². The van der Waals surface area contributed by atoms with E-state index in [9.17, 15) is 0 Å². The van der Waals surface area contributed by atoms with Crippen molar-refractivity contribution >= 4 is 43.9 Å². The van der Waals surface area contributed by atoms with Crippen LogP contribution >= 0.6 is 0 Å². The van der Waals surface area contributed by atoms with Gasteiger partial charge in [0.2, 0.25) is 0 Å². The van der Waals surface area contributed by atoms with Gasteiger partial charge in [0.15, 0.2) is 17.5 Å². The van der Waals surface area contributed by atoms with Crippen molar-refractivity contribution in [3.05, 3.63) is 140 Å². The van der Waals surface area contributed by atoms with Gasteiger partial charge in [-0.15, -0.1) is 0 Å². The molecular formula is C39H23N3O2.